The lowest BCUT2D eigenvalue weighted by molar-refractivity contribution is -0.120. The molecule has 0 rings (SSSR count). The summed E-state index contributed by atoms with van der Waals surface area (Å²) in [5.41, 5.74) is 0. The molecule has 0 saturated heterocycles. The van der Waals surface area contributed by atoms with Crippen LogP contribution in [0, 0.1) is 0 Å². The van der Waals surface area contributed by atoms with E-state index < -0.39 is 18.3 Å². The monoisotopic (exact) mass is 178 g/mol. The van der Waals surface area contributed by atoms with Gasteiger partial charge in [-0.3, -0.25) is 0 Å². The van der Waals surface area contributed by atoms with E-state index in [0.717, 1.165) is 0 Å². The van der Waals surface area contributed by atoms with Crippen molar-refractivity contribution < 1.29 is 25.2 Å². The van der Waals surface area contributed by atoms with E-state index in [0.29, 0.717) is 0 Å². The maximum Gasteiger partial charge on any atom is 0.151 e. The first kappa shape index (κ1) is 11.5. The summed E-state index contributed by atoms with van der Waals surface area (Å²) in [6.07, 6.45) is -3.00. The van der Waals surface area contributed by atoms with E-state index in [4.69, 9.17) is 20.4 Å². The molecule has 0 aromatic rings. The number of hydrogen-bond acceptors (Lipinski definition) is 5. The van der Waals surface area contributed by atoms with Gasteiger partial charge in [0.15, 0.2) is 6.29 Å². The Labute approximate surface area is 70.3 Å². The third-order valence-corrected chi connectivity index (χ3v) is 1.54. The molecule has 0 fully saturated rings. The lowest BCUT2D eigenvalue weighted by atomic mass is 10.1. The molecule has 0 aromatic carbocycles. The summed E-state index contributed by atoms with van der Waals surface area (Å²) >= 11 is 0. The first-order chi connectivity index (χ1) is 5.61. The average Bonchev–Trinajstić information content (AvgIpc) is 2.11. The van der Waals surface area contributed by atoms with Crippen molar-refractivity contribution in [3.63, 3.8) is 0 Å². The van der Waals surface area contributed by atoms with Gasteiger partial charge >= 0.3 is 0 Å². The Bertz CT molecular complexity index is 127. The van der Waals surface area contributed by atoms with Crippen molar-refractivity contribution in [1.82, 2.24) is 0 Å². The minimum Gasteiger partial charge on any atom is -0.394 e. The van der Waals surface area contributed by atoms with Crippen molar-refractivity contribution in [3.8, 4) is 0 Å². The first-order valence-corrected chi connectivity index (χ1v) is 3.72. The molecular formula is C7H14O5. The lowest BCUT2D eigenvalue weighted by Crippen LogP contribution is -2.28. The van der Waals surface area contributed by atoms with Crippen molar-refractivity contribution in [3.05, 3.63) is 0 Å². The second-order valence-electron chi connectivity index (χ2n) is 2.61. The zero-order valence-corrected chi connectivity index (χ0v) is 6.63. The van der Waals surface area contributed by atoms with Crippen LogP contribution in [0.15, 0.2) is 0 Å². The Balaban J connectivity index is 3.55. The van der Waals surface area contributed by atoms with Crippen LogP contribution in [0.4, 0.5) is 0 Å². The Morgan fingerprint density at radius 2 is 1.75 bits per heavy atom. The number of aliphatic hydroxyl groups is 4. The molecular weight excluding hydrogens is 164 g/mol. The fourth-order valence-electron chi connectivity index (χ4n) is 0.716. The molecule has 4 N–H and O–H groups in total. The van der Waals surface area contributed by atoms with Crippen LogP contribution < -0.4 is 0 Å². The summed E-state index contributed by atoms with van der Waals surface area (Å²) in [6.45, 7) is -0.385. The summed E-state index contributed by atoms with van der Waals surface area (Å²) in [7, 11) is 0. The Morgan fingerprint density at radius 1 is 1.17 bits per heavy atom. The van der Waals surface area contributed by atoms with Gasteiger partial charge in [-0.15, -0.1) is 0 Å². The van der Waals surface area contributed by atoms with Crippen molar-refractivity contribution in [2.45, 2.75) is 31.2 Å². The van der Waals surface area contributed by atoms with Gasteiger partial charge in [0.1, 0.15) is 6.10 Å². The first-order valence-electron chi connectivity index (χ1n) is 3.72. The maximum atomic E-state index is 9.94. The highest BCUT2D eigenvalue weighted by molar-refractivity contribution is 5.56. The number of hydrogen-bond donors (Lipinski definition) is 4. The van der Waals surface area contributed by atoms with Gasteiger partial charge in [0, 0.05) is 0 Å². The van der Waals surface area contributed by atoms with E-state index in [1.54, 1.807) is 0 Å². The van der Waals surface area contributed by atoms with Gasteiger partial charge in [0.05, 0.1) is 18.8 Å². The van der Waals surface area contributed by atoms with Crippen LogP contribution in [-0.2, 0) is 4.79 Å². The Morgan fingerprint density at radius 3 is 2.17 bits per heavy atom. The quantitative estimate of drug-likeness (QED) is 0.354. The van der Waals surface area contributed by atoms with E-state index in [2.05, 4.69) is 0 Å². The highest BCUT2D eigenvalue weighted by Crippen LogP contribution is 2.03. The number of aldehydes is 1. The number of rotatable bonds is 6. The van der Waals surface area contributed by atoms with E-state index in [-0.39, 0.29) is 25.7 Å². The zero-order valence-electron chi connectivity index (χ0n) is 6.63. The molecule has 12 heavy (non-hydrogen) atoms. The fraction of sp³-hybridized carbons (Fsp3) is 0.857. The van der Waals surface area contributed by atoms with Crippen LogP contribution >= 0.6 is 0 Å². The molecule has 5 heteroatoms. The third kappa shape index (κ3) is 4.40. The number of carbonyl (C=O) groups excluding carboxylic acids is 1. The molecule has 0 aromatic heterocycles. The van der Waals surface area contributed by atoms with E-state index in [9.17, 15) is 4.79 Å². The molecule has 3 atom stereocenters. The van der Waals surface area contributed by atoms with E-state index >= 15 is 0 Å². The molecule has 0 spiro atoms. The van der Waals surface area contributed by atoms with E-state index in [1.165, 1.54) is 0 Å². The SMILES string of the molecule is O=CC(O)C(O)CCC(O)CO. The Kier molecular flexibility index (Phi) is 5.83. The van der Waals surface area contributed by atoms with Crippen molar-refractivity contribution >= 4 is 6.29 Å². The zero-order chi connectivity index (χ0) is 9.56. The summed E-state index contributed by atoms with van der Waals surface area (Å²) < 4.78 is 0. The average molecular weight is 178 g/mol. The molecule has 0 radical (unpaired) electrons. The highest BCUT2D eigenvalue weighted by Gasteiger charge is 2.16. The van der Waals surface area contributed by atoms with Crippen LogP contribution in [-0.4, -0.2) is 51.6 Å². The fourth-order valence-corrected chi connectivity index (χ4v) is 0.716. The van der Waals surface area contributed by atoms with Crippen molar-refractivity contribution in [2.75, 3.05) is 6.61 Å². The van der Waals surface area contributed by atoms with Crippen molar-refractivity contribution in [1.29, 1.82) is 0 Å². The van der Waals surface area contributed by atoms with Crippen LogP contribution in [0.5, 0.6) is 0 Å². The van der Waals surface area contributed by atoms with Crippen LogP contribution in [0.1, 0.15) is 12.8 Å². The molecule has 72 valence electrons. The normalized spacial score (nSPS) is 18.3. The molecule has 0 amide bonds. The van der Waals surface area contributed by atoms with Gasteiger partial charge in [-0.05, 0) is 12.8 Å². The lowest BCUT2D eigenvalue weighted by Gasteiger charge is -2.13. The topological polar surface area (TPSA) is 98.0 Å². The van der Waals surface area contributed by atoms with Gasteiger partial charge in [0.2, 0.25) is 0 Å². The van der Waals surface area contributed by atoms with Crippen LogP contribution in [0.25, 0.3) is 0 Å². The molecule has 0 aliphatic rings. The van der Waals surface area contributed by atoms with Gasteiger partial charge in [0.25, 0.3) is 0 Å². The largest absolute Gasteiger partial charge is 0.394 e. The third-order valence-electron chi connectivity index (χ3n) is 1.54. The van der Waals surface area contributed by atoms with Gasteiger partial charge in [-0.25, -0.2) is 0 Å². The second-order valence-corrected chi connectivity index (χ2v) is 2.61. The smallest absolute Gasteiger partial charge is 0.151 e. The summed E-state index contributed by atoms with van der Waals surface area (Å²) in [4.78, 5) is 9.94. The van der Waals surface area contributed by atoms with Crippen LogP contribution in [0.2, 0.25) is 0 Å². The molecule has 0 aliphatic heterocycles. The predicted octanol–water partition coefficient (Wildman–Crippen LogP) is -1.96. The Hall–Kier alpha value is -0.490. The predicted molar refractivity (Wildman–Crippen MR) is 40.4 cm³/mol. The highest BCUT2D eigenvalue weighted by atomic mass is 16.3. The van der Waals surface area contributed by atoms with Gasteiger partial charge in [-0.1, -0.05) is 0 Å². The number of carbonyl (C=O) groups is 1. The minimum absolute atomic E-state index is 0.0850. The number of aliphatic hydroxyl groups excluding tert-OH is 4. The molecule has 0 aliphatic carbocycles. The minimum atomic E-state index is -1.41. The molecule has 0 bridgehead atoms. The molecule has 3 unspecified atom stereocenters. The van der Waals surface area contributed by atoms with Gasteiger partial charge in [-0.2, -0.15) is 0 Å². The second kappa shape index (κ2) is 6.07. The van der Waals surface area contributed by atoms with Crippen molar-refractivity contribution in [2.24, 2.45) is 0 Å². The maximum absolute atomic E-state index is 9.94. The summed E-state index contributed by atoms with van der Waals surface area (Å²) in [5, 5.41) is 34.9. The summed E-state index contributed by atoms with van der Waals surface area (Å²) in [5.74, 6) is 0. The van der Waals surface area contributed by atoms with Gasteiger partial charge < -0.3 is 25.2 Å². The summed E-state index contributed by atoms with van der Waals surface area (Å²) in [6, 6.07) is 0. The molecule has 0 heterocycles. The van der Waals surface area contributed by atoms with E-state index in [1.807, 2.05) is 0 Å². The van der Waals surface area contributed by atoms with Crippen LogP contribution in [0.3, 0.4) is 0 Å². The molecule has 0 saturated carbocycles. The molecule has 5 nitrogen and oxygen atoms in total. The standard InChI is InChI=1S/C7H14O5/c8-3-5(10)1-2-6(11)7(12)4-9/h4-8,10-12H,1-3H2.